The van der Waals surface area contributed by atoms with Gasteiger partial charge in [-0.25, -0.2) is 4.39 Å². The molecular weight excluding hydrogens is 285 g/mol. The molecule has 118 valence electrons. The molecular formula is C18H27ClFN. The first-order valence-electron chi connectivity index (χ1n) is 8.24. The molecule has 0 saturated heterocycles. The van der Waals surface area contributed by atoms with E-state index in [1.807, 2.05) is 6.07 Å². The van der Waals surface area contributed by atoms with Gasteiger partial charge in [0.2, 0.25) is 0 Å². The van der Waals surface area contributed by atoms with Crippen LogP contribution in [-0.2, 0) is 6.42 Å². The van der Waals surface area contributed by atoms with Crippen LogP contribution < -0.4 is 5.32 Å². The molecule has 3 atom stereocenters. The lowest BCUT2D eigenvalue weighted by molar-refractivity contribution is 0.183. The predicted molar refractivity (Wildman–Crippen MR) is 88.3 cm³/mol. The monoisotopic (exact) mass is 311 g/mol. The Morgan fingerprint density at radius 2 is 2.10 bits per heavy atom. The van der Waals surface area contributed by atoms with Crippen LogP contribution in [-0.4, -0.2) is 13.1 Å². The number of rotatable bonds is 6. The smallest absolute Gasteiger partial charge is 0.127 e. The van der Waals surface area contributed by atoms with Gasteiger partial charge < -0.3 is 5.32 Å². The van der Waals surface area contributed by atoms with Crippen LogP contribution in [0.4, 0.5) is 4.39 Å². The van der Waals surface area contributed by atoms with Gasteiger partial charge in [-0.1, -0.05) is 37.9 Å². The Morgan fingerprint density at radius 1 is 1.29 bits per heavy atom. The van der Waals surface area contributed by atoms with Crippen molar-refractivity contribution in [2.75, 3.05) is 13.1 Å². The van der Waals surface area contributed by atoms with E-state index in [2.05, 4.69) is 19.2 Å². The van der Waals surface area contributed by atoms with Gasteiger partial charge in [0.1, 0.15) is 5.82 Å². The predicted octanol–water partition coefficient (Wildman–Crippen LogP) is 5.07. The first-order valence-corrected chi connectivity index (χ1v) is 8.62. The Morgan fingerprint density at radius 3 is 2.81 bits per heavy atom. The van der Waals surface area contributed by atoms with Crippen LogP contribution in [0, 0.1) is 23.6 Å². The van der Waals surface area contributed by atoms with Gasteiger partial charge in [0.05, 0.1) is 0 Å². The lowest BCUT2D eigenvalue weighted by Crippen LogP contribution is -2.34. The fourth-order valence-electron chi connectivity index (χ4n) is 3.51. The fourth-order valence-corrected chi connectivity index (χ4v) is 3.67. The summed E-state index contributed by atoms with van der Waals surface area (Å²) in [5.41, 5.74) is 0.819. The molecule has 1 aromatic carbocycles. The summed E-state index contributed by atoms with van der Waals surface area (Å²) >= 11 is 5.85. The number of hydrogen-bond donors (Lipinski definition) is 1. The maximum atomic E-state index is 14.0. The number of benzene rings is 1. The van der Waals surface area contributed by atoms with Gasteiger partial charge in [-0.05, 0) is 74.2 Å². The van der Waals surface area contributed by atoms with E-state index in [4.69, 9.17) is 11.6 Å². The second kappa shape index (κ2) is 8.14. The second-order valence-corrected chi connectivity index (χ2v) is 7.02. The SMILES string of the molecule is CCCNCC1CCC(C)CC1Cc1ccc(Cl)cc1F. The average molecular weight is 312 g/mol. The molecule has 2 rings (SSSR count). The maximum Gasteiger partial charge on any atom is 0.127 e. The third kappa shape index (κ3) is 4.96. The van der Waals surface area contributed by atoms with Crippen molar-refractivity contribution >= 4 is 11.6 Å². The number of hydrogen-bond acceptors (Lipinski definition) is 1. The normalized spacial score (nSPS) is 26.0. The van der Waals surface area contributed by atoms with Gasteiger partial charge in [-0.15, -0.1) is 0 Å². The molecule has 1 nitrogen and oxygen atoms in total. The molecule has 0 amide bonds. The minimum absolute atomic E-state index is 0.152. The molecule has 21 heavy (non-hydrogen) atoms. The maximum absolute atomic E-state index is 14.0. The van der Waals surface area contributed by atoms with Crippen molar-refractivity contribution in [1.82, 2.24) is 5.32 Å². The van der Waals surface area contributed by atoms with Crippen molar-refractivity contribution in [1.29, 1.82) is 0 Å². The second-order valence-electron chi connectivity index (χ2n) is 6.58. The van der Waals surface area contributed by atoms with E-state index in [1.165, 1.54) is 31.7 Å². The van der Waals surface area contributed by atoms with E-state index < -0.39 is 0 Å². The zero-order valence-electron chi connectivity index (χ0n) is 13.2. The van der Waals surface area contributed by atoms with Gasteiger partial charge in [0, 0.05) is 5.02 Å². The van der Waals surface area contributed by atoms with Gasteiger partial charge >= 0.3 is 0 Å². The van der Waals surface area contributed by atoms with Crippen LogP contribution >= 0.6 is 11.6 Å². The van der Waals surface area contributed by atoms with Gasteiger partial charge in [-0.3, -0.25) is 0 Å². The van der Waals surface area contributed by atoms with Gasteiger partial charge in [-0.2, -0.15) is 0 Å². The largest absolute Gasteiger partial charge is 0.316 e. The van der Waals surface area contributed by atoms with E-state index in [0.717, 1.165) is 31.0 Å². The Hall–Kier alpha value is -0.600. The number of nitrogens with one attached hydrogen (secondary N) is 1. The molecule has 0 spiro atoms. The summed E-state index contributed by atoms with van der Waals surface area (Å²) in [6.07, 6.45) is 5.78. The Kier molecular flexibility index (Phi) is 6.50. The van der Waals surface area contributed by atoms with Gasteiger partial charge in [0.15, 0.2) is 0 Å². The summed E-state index contributed by atoms with van der Waals surface area (Å²) in [4.78, 5) is 0. The molecule has 1 aliphatic rings. The lowest BCUT2D eigenvalue weighted by Gasteiger charge is -2.35. The third-order valence-corrected chi connectivity index (χ3v) is 4.97. The molecule has 0 aromatic heterocycles. The van der Waals surface area contributed by atoms with Crippen molar-refractivity contribution < 1.29 is 4.39 Å². The topological polar surface area (TPSA) is 12.0 Å². The molecule has 1 aromatic rings. The summed E-state index contributed by atoms with van der Waals surface area (Å²) in [5.74, 6) is 1.85. The minimum atomic E-state index is -0.152. The van der Waals surface area contributed by atoms with Crippen LogP contribution in [0.1, 0.15) is 45.1 Å². The molecule has 0 bridgehead atoms. The summed E-state index contributed by atoms with van der Waals surface area (Å²) in [6, 6.07) is 5.09. The summed E-state index contributed by atoms with van der Waals surface area (Å²) in [7, 11) is 0. The lowest BCUT2D eigenvalue weighted by atomic mass is 9.72. The fraction of sp³-hybridized carbons (Fsp3) is 0.667. The quantitative estimate of drug-likeness (QED) is 0.723. The number of halogens is 2. The average Bonchev–Trinajstić information content (AvgIpc) is 2.44. The van der Waals surface area contributed by atoms with Crippen molar-refractivity contribution in [2.24, 2.45) is 17.8 Å². The van der Waals surface area contributed by atoms with Crippen LogP contribution in [0.25, 0.3) is 0 Å². The highest BCUT2D eigenvalue weighted by Crippen LogP contribution is 2.36. The molecule has 1 aliphatic carbocycles. The summed E-state index contributed by atoms with van der Waals surface area (Å²) in [5, 5.41) is 4.03. The Labute approximate surface area is 133 Å². The zero-order valence-corrected chi connectivity index (χ0v) is 13.9. The third-order valence-electron chi connectivity index (χ3n) is 4.73. The van der Waals surface area contributed by atoms with Crippen molar-refractivity contribution in [3.63, 3.8) is 0 Å². The van der Waals surface area contributed by atoms with E-state index in [0.29, 0.717) is 16.9 Å². The van der Waals surface area contributed by atoms with Crippen LogP contribution in [0.5, 0.6) is 0 Å². The molecule has 0 radical (unpaired) electrons. The van der Waals surface area contributed by atoms with E-state index in [9.17, 15) is 4.39 Å². The van der Waals surface area contributed by atoms with E-state index in [-0.39, 0.29) is 5.82 Å². The first-order chi connectivity index (χ1) is 10.1. The molecule has 1 saturated carbocycles. The highest BCUT2D eigenvalue weighted by Gasteiger charge is 2.29. The zero-order chi connectivity index (χ0) is 15.2. The van der Waals surface area contributed by atoms with Crippen molar-refractivity contribution in [3.05, 3.63) is 34.6 Å². The molecule has 3 heteroatoms. The Bertz CT molecular complexity index is 449. The molecule has 0 aliphatic heterocycles. The van der Waals surface area contributed by atoms with Crippen molar-refractivity contribution in [2.45, 2.75) is 46.0 Å². The molecule has 3 unspecified atom stereocenters. The standard InChI is InChI=1S/C18H27ClFN/c1-3-8-21-12-15-5-4-13(2)9-16(15)10-14-6-7-17(19)11-18(14)20/h6-7,11,13,15-16,21H,3-5,8-10,12H2,1-2H3. The van der Waals surface area contributed by atoms with Crippen LogP contribution in [0.15, 0.2) is 18.2 Å². The highest BCUT2D eigenvalue weighted by molar-refractivity contribution is 6.30. The van der Waals surface area contributed by atoms with E-state index >= 15 is 0 Å². The highest BCUT2D eigenvalue weighted by atomic mass is 35.5. The van der Waals surface area contributed by atoms with Crippen LogP contribution in [0.2, 0.25) is 5.02 Å². The van der Waals surface area contributed by atoms with Crippen LogP contribution in [0.3, 0.4) is 0 Å². The Balaban J connectivity index is 2.01. The molecule has 0 heterocycles. The summed E-state index contributed by atoms with van der Waals surface area (Å²) < 4.78 is 14.0. The summed E-state index contributed by atoms with van der Waals surface area (Å²) in [6.45, 7) is 6.66. The first kappa shape index (κ1) is 16.8. The molecule has 1 fully saturated rings. The minimum Gasteiger partial charge on any atom is -0.316 e. The van der Waals surface area contributed by atoms with Gasteiger partial charge in [0.25, 0.3) is 0 Å². The molecule has 1 N–H and O–H groups in total. The van der Waals surface area contributed by atoms with Crippen molar-refractivity contribution in [3.8, 4) is 0 Å². The van der Waals surface area contributed by atoms with E-state index in [1.54, 1.807) is 6.07 Å².